The molecule has 42 heavy (non-hydrogen) atoms. The van der Waals surface area contributed by atoms with Crippen LogP contribution in [0, 0.1) is 12.3 Å². The van der Waals surface area contributed by atoms with E-state index < -0.39 is 35.5 Å². The molecule has 9 nitrogen and oxygen atoms in total. The highest BCUT2D eigenvalue weighted by atomic mass is 16.6. The van der Waals surface area contributed by atoms with Gasteiger partial charge in [0, 0.05) is 18.8 Å². The average molecular weight is 572 g/mol. The lowest BCUT2D eigenvalue weighted by atomic mass is 9.84. The van der Waals surface area contributed by atoms with E-state index in [1.807, 2.05) is 55.5 Å². The molecule has 0 saturated carbocycles. The maximum absolute atomic E-state index is 13.0. The summed E-state index contributed by atoms with van der Waals surface area (Å²) < 4.78 is 20.5. The number of carbonyl (C=O) groups is 4. The van der Waals surface area contributed by atoms with Crippen molar-refractivity contribution in [1.29, 1.82) is 0 Å². The minimum Gasteiger partial charge on any atom is -0.468 e. The van der Waals surface area contributed by atoms with Gasteiger partial charge in [-0.3, -0.25) is 9.59 Å². The van der Waals surface area contributed by atoms with Crippen molar-refractivity contribution in [3.05, 3.63) is 94.0 Å². The maximum Gasteiger partial charge on any atom is 0.407 e. The molecule has 0 fully saturated rings. The van der Waals surface area contributed by atoms with Gasteiger partial charge in [-0.05, 0) is 57.9 Å². The number of amides is 1. The van der Waals surface area contributed by atoms with E-state index in [2.05, 4.69) is 17.4 Å². The molecule has 1 unspecified atom stereocenters. The molecule has 0 aromatic heterocycles. The first-order valence-corrected chi connectivity index (χ1v) is 13.7. The van der Waals surface area contributed by atoms with Crippen molar-refractivity contribution in [1.82, 2.24) is 5.32 Å². The Morgan fingerprint density at radius 2 is 1.45 bits per heavy atom. The van der Waals surface area contributed by atoms with Gasteiger partial charge in [0.15, 0.2) is 5.41 Å². The fourth-order valence-electron chi connectivity index (χ4n) is 6.31. The van der Waals surface area contributed by atoms with E-state index in [0.29, 0.717) is 0 Å². The third-order valence-corrected chi connectivity index (χ3v) is 8.31. The molecule has 9 heteroatoms. The number of benzene rings is 3. The summed E-state index contributed by atoms with van der Waals surface area (Å²) in [6.07, 6.45) is -0.347. The van der Waals surface area contributed by atoms with Gasteiger partial charge < -0.3 is 24.3 Å². The summed E-state index contributed by atoms with van der Waals surface area (Å²) in [6.45, 7) is 1.98. The zero-order chi connectivity index (χ0) is 30.0. The molecule has 0 aliphatic heterocycles. The molecule has 0 saturated heterocycles. The highest BCUT2D eigenvalue weighted by molar-refractivity contribution is 6.01. The number of esters is 3. The number of rotatable bonds is 8. The number of aryl methyl sites for hydroxylation is 1. The van der Waals surface area contributed by atoms with Crippen LogP contribution in [0.3, 0.4) is 0 Å². The lowest BCUT2D eigenvalue weighted by Crippen LogP contribution is -2.43. The number of hydrogen-bond donors (Lipinski definition) is 1. The van der Waals surface area contributed by atoms with Gasteiger partial charge >= 0.3 is 24.0 Å². The smallest absolute Gasteiger partial charge is 0.407 e. The van der Waals surface area contributed by atoms with Crippen LogP contribution in [0.2, 0.25) is 0 Å². The molecule has 2 aliphatic rings. The number of alkyl carbamates (subject to hydrolysis) is 1. The van der Waals surface area contributed by atoms with Gasteiger partial charge in [-0.15, -0.1) is 0 Å². The topological polar surface area (TPSA) is 117 Å². The predicted octanol–water partition coefficient (Wildman–Crippen LogP) is 4.05. The largest absolute Gasteiger partial charge is 0.468 e. The Bertz CT molecular complexity index is 1500. The van der Waals surface area contributed by atoms with Gasteiger partial charge in [-0.25, -0.2) is 9.59 Å². The normalized spacial score (nSPS) is 15.0. The second kappa shape index (κ2) is 11.7. The first kappa shape index (κ1) is 28.9. The van der Waals surface area contributed by atoms with Crippen molar-refractivity contribution in [2.24, 2.45) is 5.41 Å². The van der Waals surface area contributed by atoms with Gasteiger partial charge in [-0.2, -0.15) is 0 Å². The number of ether oxygens (including phenoxy) is 4. The molecule has 3 aromatic rings. The minimum atomic E-state index is -1.46. The molecular formula is C33H33NO8. The lowest BCUT2D eigenvalue weighted by molar-refractivity contribution is -0.168. The van der Waals surface area contributed by atoms with Crippen molar-refractivity contribution < 1.29 is 38.1 Å². The summed E-state index contributed by atoms with van der Waals surface area (Å²) in [7, 11) is 3.73. The first-order chi connectivity index (χ1) is 20.2. The van der Waals surface area contributed by atoms with Gasteiger partial charge in [0.25, 0.3) is 0 Å². The number of methoxy groups -OCH3 is 3. The minimum absolute atomic E-state index is 0.106. The fraction of sp³-hybridized carbons (Fsp3) is 0.333. The van der Waals surface area contributed by atoms with E-state index in [4.69, 9.17) is 18.9 Å². The highest BCUT2D eigenvalue weighted by Crippen LogP contribution is 2.44. The fourth-order valence-corrected chi connectivity index (χ4v) is 6.31. The summed E-state index contributed by atoms with van der Waals surface area (Å²) in [6, 6.07) is 18.8. The molecule has 1 N–H and O–H groups in total. The maximum atomic E-state index is 13.0. The van der Waals surface area contributed by atoms with Crippen molar-refractivity contribution in [3.63, 3.8) is 0 Å². The van der Waals surface area contributed by atoms with Crippen LogP contribution in [0.25, 0.3) is 11.1 Å². The highest BCUT2D eigenvalue weighted by Gasteiger charge is 2.53. The molecule has 5 rings (SSSR count). The lowest BCUT2D eigenvalue weighted by Gasteiger charge is -2.22. The third kappa shape index (κ3) is 5.11. The molecule has 1 amide bonds. The molecule has 0 spiro atoms. The van der Waals surface area contributed by atoms with E-state index in [1.54, 1.807) is 0 Å². The summed E-state index contributed by atoms with van der Waals surface area (Å²) in [5.41, 5.74) is 6.15. The number of hydrogen-bond acceptors (Lipinski definition) is 8. The van der Waals surface area contributed by atoms with Crippen molar-refractivity contribution in [2.75, 3.05) is 27.9 Å². The Kier molecular flexibility index (Phi) is 8.02. The molecular weight excluding hydrogens is 538 g/mol. The SMILES string of the molecule is COC(=O)C(Cc1cc(C)c2c(c1)CC(C(=O)OC)(C(=O)OC)C2)NC(=O)OCC1c2ccccc2-c2ccccc21. The summed E-state index contributed by atoms with van der Waals surface area (Å²) in [5, 5.41) is 2.66. The predicted molar refractivity (Wildman–Crippen MR) is 153 cm³/mol. The van der Waals surface area contributed by atoms with E-state index >= 15 is 0 Å². The van der Waals surface area contributed by atoms with Gasteiger partial charge in [-0.1, -0.05) is 60.7 Å². The number of nitrogens with one attached hydrogen (secondary N) is 1. The molecule has 3 aromatic carbocycles. The Morgan fingerprint density at radius 3 is 2.02 bits per heavy atom. The second-order valence-corrected chi connectivity index (χ2v) is 10.7. The zero-order valence-electron chi connectivity index (χ0n) is 24.0. The van der Waals surface area contributed by atoms with Gasteiger partial charge in [0.2, 0.25) is 0 Å². The van der Waals surface area contributed by atoms with Crippen molar-refractivity contribution >= 4 is 24.0 Å². The van der Waals surface area contributed by atoms with Crippen LogP contribution >= 0.6 is 0 Å². The summed E-state index contributed by atoms with van der Waals surface area (Å²) >= 11 is 0. The average Bonchev–Trinajstić information content (AvgIpc) is 3.56. The first-order valence-electron chi connectivity index (χ1n) is 13.7. The van der Waals surface area contributed by atoms with E-state index in [9.17, 15) is 19.2 Å². The van der Waals surface area contributed by atoms with Crippen LogP contribution in [0.1, 0.15) is 39.3 Å². The van der Waals surface area contributed by atoms with E-state index in [1.165, 1.54) is 21.3 Å². The molecule has 0 heterocycles. The van der Waals surface area contributed by atoms with Gasteiger partial charge in [0.1, 0.15) is 12.6 Å². The molecule has 2 aliphatic carbocycles. The van der Waals surface area contributed by atoms with Crippen LogP contribution in [-0.2, 0) is 52.6 Å². The zero-order valence-corrected chi connectivity index (χ0v) is 24.0. The van der Waals surface area contributed by atoms with Gasteiger partial charge in [0.05, 0.1) is 21.3 Å². The third-order valence-electron chi connectivity index (χ3n) is 8.31. The monoisotopic (exact) mass is 571 g/mol. The quantitative estimate of drug-likeness (QED) is 0.245. The molecule has 0 bridgehead atoms. The molecule has 0 radical (unpaired) electrons. The van der Waals surface area contributed by atoms with Crippen molar-refractivity contribution in [3.8, 4) is 11.1 Å². The van der Waals surface area contributed by atoms with Crippen molar-refractivity contribution in [2.45, 2.75) is 38.1 Å². The van der Waals surface area contributed by atoms with Crippen LogP contribution in [-0.4, -0.2) is 58.0 Å². The number of carbonyl (C=O) groups excluding carboxylic acids is 4. The van der Waals surface area contributed by atoms with Crippen LogP contribution in [0.4, 0.5) is 4.79 Å². The van der Waals surface area contributed by atoms with E-state index in [0.717, 1.165) is 44.5 Å². The number of fused-ring (bicyclic) bond motifs is 4. The molecule has 1 atom stereocenters. The Morgan fingerprint density at radius 1 is 0.857 bits per heavy atom. The summed E-state index contributed by atoms with van der Waals surface area (Å²) in [5.74, 6) is -2.06. The van der Waals surface area contributed by atoms with E-state index in [-0.39, 0.29) is 31.8 Å². The van der Waals surface area contributed by atoms with Crippen LogP contribution in [0.5, 0.6) is 0 Å². The van der Waals surface area contributed by atoms with Crippen LogP contribution < -0.4 is 5.32 Å². The molecule has 218 valence electrons. The Labute approximate surface area is 244 Å². The Balaban J connectivity index is 1.31. The standard InChI is InChI=1S/C33H33NO8/c1-19-13-20(14-21-16-33(17-26(19)21,30(36)40-3)31(37)41-4)15-28(29(35)39-2)34-32(38)42-18-27-24-11-7-5-9-22(24)23-10-6-8-12-25(23)27/h5-14,27-28H,15-18H2,1-4H3,(H,34,38). The second-order valence-electron chi connectivity index (χ2n) is 10.7. The summed E-state index contributed by atoms with van der Waals surface area (Å²) in [4.78, 5) is 51.0. The van der Waals surface area contributed by atoms with Crippen LogP contribution in [0.15, 0.2) is 60.7 Å². The Hall–Kier alpha value is -4.66.